The Bertz CT molecular complexity index is 952. The molecule has 0 bridgehead atoms. The van der Waals surface area contributed by atoms with Crippen molar-refractivity contribution in [2.45, 2.75) is 50.5 Å². The fraction of sp³-hybridized carbons (Fsp3) is 0.381. The number of sulfonamides is 1. The van der Waals surface area contributed by atoms with Gasteiger partial charge in [-0.05, 0) is 66.4 Å². The number of primary sulfonamides is 1. The average Bonchev–Trinajstić information content (AvgIpc) is 3.22. The Labute approximate surface area is 155 Å². The van der Waals surface area contributed by atoms with Crippen LogP contribution in [-0.4, -0.2) is 13.4 Å². The lowest BCUT2D eigenvalue weighted by molar-refractivity contribution is 0.330. The summed E-state index contributed by atoms with van der Waals surface area (Å²) in [6, 6.07) is 12.1. The molecular weight excluding hydrogens is 344 g/mol. The fourth-order valence-electron chi connectivity index (χ4n) is 4.54. The number of nitrogens with zero attached hydrogens (tertiary/aromatic N) is 1. The SMILES string of the molecule is Cc1ccc(C2=C(c3ccc(S(N)(=O)=O)nc3)CC3(CCCC3)C2)cc1. The van der Waals surface area contributed by atoms with Crippen LogP contribution in [0.2, 0.25) is 0 Å². The molecule has 5 heteroatoms. The van der Waals surface area contributed by atoms with Gasteiger partial charge in [-0.15, -0.1) is 0 Å². The van der Waals surface area contributed by atoms with E-state index >= 15 is 0 Å². The van der Waals surface area contributed by atoms with E-state index in [1.807, 2.05) is 6.07 Å². The average molecular weight is 369 g/mol. The van der Waals surface area contributed by atoms with Crippen molar-refractivity contribution in [3.8, 4) is 0 Å². The molecule has 2 aromatic rings. The Balaban J connectivity index is 1.78. The van der Waals surface area contributed by atoms with Crippen molar-refractivity contribution in [1.82, 2.24) is 4.98 Å². The summed E-state index contributed by atoms with van der Waals surface area (Å²) >= 11 is 0. The molecule has 0 aliphatic heterocycles. The smallest absolute Gasteiger partial charge is 0.243 e. The molecule has 0 amide bonds. The number of benzene rings is 1. The van der Waals surface area contributed by atoms with Crippen LogP contribution >= 0.6 is 0 Å². The van der Waals surface area contributed by atoms with E-state index in [-0.39, 0.29) is 5.03 Å². The molecule has 136 valence electrons. The minimum Gasteiger partial charge on any atom is -0.243 e. The van der Waals surface area contributed by atoms with Crippen LogP contribution in [0.5, 0.6) is 0 Å². The van der Waals surface area contributed by atoms with E-state index in [4.69, 9.17) is 5.14 Å². The van der Waals surface area contributed by atoms with Gasteiger partial charge in [0.1, 0.15) is 0 Å². The molecule has 2 N–H and O–H groups in total. The van der Waals surface area contributed by atoms with Gasteiger partial charge in [0.15, 0.2) is 5.03 Å². The van der Waals surface area contributed by atoms with Gasteiger partial charge in [-0.25, -0.2) is 18.5 Å². The minimum absolute atomic E-state index is 0.0766. The van der Waals surface area contributed by atoms with Crippen LogP contribution in [0.25, 0.3) is 11.1 Å². The fourth-order valence-corrected chi connectivity index (χ4v) is 5.00. The first-order chi connectivity index (χ1) is 12.4. The zero-order valence-corrected chi connectivity index (χ0v) is 15.8. The second-order valence-electron chi connectivity index (χ2n) is 7.81. The van der Waals surface area contributed by atoms with Crippen molar-refractivity contribution >= 4 is 21.2 Å². The van der Waals surface area contributed by atoms with E-state index in [0.29, 0.717) is 5.41 Å². The summed E-state index contributed by atoms with van der Waals surface area (Å²) < 4.78 is 23.0. The highest BCUT2D eigenvalue weighted by molar-refractivity contribution is 7.89. The van der Waals surface area contributed by atoms with Gasteiger partial charge in [-0.2, -0.15) is 0 Å². The Hall–Kier alpha value is -1.98. The van der Waals surface area contributed by atoms with Gasteiger partial charge in [0.25, 0.3) is 10.0 Å². The summed E-state index contributed by atoms with van der Waals surface area (Å²) in [5.41, 5.74) is 6.60. The molecule has 0 radical (unpaired) electrons. The number of pyridine rings is 1. The highest BCUT2D eigenvalue weighted by Crippen LogP contribution is 2.57. The maximum atomic E-state index is 11.5. The van der Waals surface area contributed by atoms with Gasteiger partial charge in [-0.1, -0.05) is 48.7 Å². The first-order valence-electron chi connectivity index (χ1n) is 9.15. The summed E-state index contributed by atoms with van der Waals surface area (Å²) in [6.07, 6.45) is 8.96. The van der Waals surface area contributed by atoms with Crippen molar-refractivity contribution in [2.24, 2.45) is 10.6 Å². The van der Waals surface area contributed by atoms with E-state index in [2.05, 4.69) is 36.2 Å². The molecule has 4 rings (SSSR count). The number of rotatable bonds is 3. The monoisotopic (exact) mass is 368 g/mol. The predicted octanol–water partition coefficient (Wildman–Crippen LogP) is 4.30. The number of hydrogen-bond acceptors (Lipinski definition) is 3. The zero-order chi connectivity index (χ0) is 18.4. The lowest BCUT2D eigenvalue weighted by Crippen LogP contribution is -2.14. The molecule has 0 unspecified atom stereocenters. The topological polar surface area (TPSA) is 73.1 Å². The number of hydrogen-bond donors (Lipinski definition) is 1. The number of allylic oxidation sites excluding steroid dienone is 2. The van der Waals surface area contributed by atoms with Crippen LogP contribution in [-0.2, 0) is 10.0 Å². The number of nitrogens with two attached hydrogens (primary N) is 1. The summed E-state index contributed by atoms with van der Waals surface area (Å²) in [5.74, 6) is 0. The molecule has 1 aromatic carbocycles. The summed E-state index contributed by atoms with van der Waals surface area (Å²) in [6.45, 7) is 2.10. The Morgan fingerprint density at radius 3 is 2.04 bits per heavy atom. The normalized spacial score (nSPS) is 19.5. The minimum atomic E-state index is -3.76. The van der Waals surface area contributed by atoms with Crippen molar-refractivity contribution in [3.63, 3.8) is 0 Å². The van der Waals surface area contributed by atoms with Gasteiger partial charge >= 0.3 is 0 Å². The Kier molecular flexibility index (Phi) is 4.24. The maximum absolute atomic E-state index is 11.5. The first kappa shape index (κ1) is 17.4. The van der Waals surface area contributed by atoms with Crippen LogP contribution < -0.4 is 5.14 Å². The molecule has 1 saturated carbocycles. The van der Waals surface area contributed by atoms with E-state index < -0.39 is 10.0 Å². The van der Waals surface area contributed by atoms with Crippen LogP contribution in [0, 0.1) is 12.3 Å². The quantitative estimate of drug-likeness (QED) is 0.878. The second-order valence-corrected chi connectivity index (χ2v) is 9.32. The number of aromatic nitrogens is 1. The molecule has 0 atom stereocenters. The first-order valence-corrected chi connectivity index (χ1v) is 10.7. The Morgan fingerprint density at radius 2 is 1.50 bits per heavy atom. The highest BCUT2D eigenvalue weighted by Gasteiger charge is 2.41. The molecule has 0 saturated heterocycles. The van der Waals surface area contributed by atoms with Crippen molar-refractivity contribution in [3.05, 3.63) is 59.3 Å². The second kappa shape index (κ2) is 6.32. The van der Waals surface area contributed by atoms with Crippen LogP contribution in [0.1, 0.15) is 55.2 Å². The molecular formula is C21H24N2O2S. The molecule has 1 heterocycles. The van der Waals surface area contributed by atoms with E-state index in [0.717, 1.165) is 18.4 Å². The van der Waals surface area contributed by atoms with E-state index in [1.54, 1.807) is 6.20 Å². The predicted molar refractivity (Wildman–Crippen MR) is 104 cm³/mol. The summed E-state index contributed by atoms with van der Waals surface area (Å²) in [4.78, 5) is 4.10. The van der Waals surface area contributed by atoms with Crippen LogP contribution in [0.15, 0.2) is 47.6 Å². The van der Waals surface area contributed by atoms with Gasteiger partial charge in [0.2, 0.25) is 0 Å². The van der Waals surface area contributed by atoms with Crippen molar-refractivity contribution < 1.29 is 8.42 Å². The van der Waals surface area contributed by atoms with E-state index in [1.165, 1.54) is 54.0 Å². The van der Waals surface area contributed by atoms with Gasteiger partial charge in [0.05, 0.1) is 0 Å². The van der Waals surface area contributed by atoms with Gasteiger partial charge in [-0.3, -0.25) is 0 Å². The third kappa shape index (κ3) is 3.21. The third-order valence-corrected chi connectivity index (χ3v) is 6.73. The molecule has 2 aliphatic carbocycles. The lowest BCUT2D eigenvalue weighted by atomic mass is 9.81. The lowest BCUT2D eigenvalue weighted by Gasteiger charge is -2.23. The van der Waals surface area contributed by atoms with Gasteiger partial charge in [0, 0.05) is 6.20 Å². The standard InChI is InChI=1S/C21H24N2O2S/c1-15-4-6-16(7-5-15)18-12-21(10-2-3-11-21)13-19(18)17-8-9-20(23-14-17)26(22,24)25/h4-9,14H,2-3,10-13H2,1H3,(H2,22,24,25). The Morgan fingerprint density at radius 1 is 0.923 bits per heavy atom. The van der Waals surface area contributed by atoms with Crippen LogP contribution in [0.3, 0.4) is 0 Å². The van der Waals surface area contributed by atoms with E-state index in [9.17, 15) is 8.42 Å². The zero-order valence-electron chi connectivity index (χ0n) is 15.0. The molecule has 4 nitrogen and oxygen atoms in total. The molecule has 2 aliphatic rings. The molecule has 1 fully saturated rings. The largest absolute Gasteiger partial charge is 0.255 e. The van der Waals surface area contributed by atoms with Crippen LogP contribution in [0.4, 0.5) is 0 Å². The highest BCUT2D eigenvalue weighted by atomic mass is 32.2. The molecule has 1 spiro atoms. The number of aryl methyl sites for hydroxylation is 1. The van der Waals surface area contributed by atoms with Gasteiger partial charge < -0.3 is 0 Å². The molecule has 26 heavy (non-hydrogen) atoms. The van der Waals surface area contributed by atoms with Crippen molar-refractivity contribution in [2.75, 3.05) is 0 Å². The summed E-state index contributed by atoms with van der Waals surface area (Å²) in [5, 5.41) is 5.11. The molecule has 1 aromatic heterocycles. The van der Waals surface area contributed by atoms with Crippen molar-refractivity contribution in [1.29, 1.82) is 0 Å². The maximum Gasteiger partial charge on any atom is 0.255 e. The third-order valence-electron chi connectivity index (χ3n) is 5.91. The summed E-state index contributed by atoms with van der Waals surface area (Å²) in [7, 11) is -3.76.